The van der Waals surface area contributed by atoms with Crippen LogP contribution in [0.4, 0.5) is 9.59 Å². The van der Waals surface area contributed by atoms with E-state index in [0.29, 0.717) is 45.7 Å². The van der Waals surface area contributed by atoms with Gasteiger partial charge in [-0.1, -0.05) is 62.4 Å². The van der Waals surface area contributed by atoms with Crippen LogP contribution in [-0.4, -0.2) is 115 Å². The SMILES string of the molecule is COC(=O)N[C@H](C(=O)N1CCC[C@H]1C1=NCC(c2ccc3cc(-c4ccc(-c5cnc(C6CCCN6C(=O)[C@@H](NC(=O)OC)C6CCOCC6)[nH]5)cc4)ccc3c2)N1)C(C)C. The molecule has 4 aromatic rings. The van der Waals surface area contributed by atoms with E-state index in [1.54, 1.807) is 0 Å². The van der Waals surface area contributed by atoms with Gasteiger partial charge in [-0.05, 0) is 95.5 Å². The molecule has 3 aromatic carbocycles. The predicted molar refractivity (Wildman–Crippen MR) is 231 cm³/mol. The second kappa shape index (κ2) is 18.3. The number of aromatic nitrogens is 2. The second-order valence-electron chi connectivity index (χ2n) is 16.8. The minimum Gasteiger partial charge on any atom is -0.453 e. The molecule has 4 aliphatic rings. The normalized spacial score (nSPS) is 21.5. The van der Waals surface area contributed by atoms with E-state index in [-0.39, 0.29) is 41.8 Å². The molecule has 3 saturated heterocycles. The van der Waals surface area contributed by atoms with Gasteiger partial charge >= 0.3 is 12.2 Å². The monoisotopic (exact) mass is 832 g/mol. The van der Waals surface area contributed by atoms with Crippen LogP contribution in [0.3, 0.4) is 0 Å². The molecule has 0 spiro atoms. The van der Waals surface area contributed by atoms with Gasteiger partial charge in [-0.25, -0.2) is 14.6 Å². The number of ether oxygens (including phenoxy) is 3. The Morgan fingerprint density at radius 1 is 0.770 bits per heavy atom. The molecular weight excluding hydrogens is 777 g/mol. The zero-order valence-electron chi connectivity index (χ0n) is 35.3. The maximum atomic E-state index is 14.0. The number of carbonyl (C=O) groups is 4. The number of likely N-dealkylation sites (tertiary alicyclic amines) is 2. The summed E-state index contributed by atoms with van der Waals surface area (Å²) in [6.45, 7) is 6.75. The van der Waals surface area contributed by atoms with Gasteiger partial charge in [0, 0.05) is 26.3 Å². The minimum absolute atomic E-state index is 0.00364. The van der Waals surface area contributed by atoms with Crippen molar-refractivity contribution in [3.8, 4) is 22.4 Å². The van der Waals surface area contributed by atoms with E-state index < -0.39 is 24.3 Å². The van der Waals surface area contributed by atoms with Gasteiger partial charge in [0.05, 0.1) is 50.8 Å². The smallest absolute Gasteiger partial charge is 0.407 e. The van der Waals surface area contributed by atoms with Crippen molar-refractivity contribution in [2.45, 2.75) is 82.6 Å². The molecule has 15 heteroatoms. The number of methoxy groups -OCH3 is 2. The van der Waals surface area contributed by atoms with Gasteiger partial charge < -0.3 is 44.9 Å². The van der Waals surface area contributed by atoms with Gasteiger partial charge in [0.2, 0.25) is 11.8 Å². The first-order valence-corrected chi connectivity index (χ1v) is 21.5. The molecule has 61 heavy (non-hydrogen) atoms. The Bertz CT molecular complexity index is 2270. The van der Waals surface area contributed by atoms with Gasteiger partial charge in [0.1, 0.15) is 23.7 Å². The molecule has 0 aliphatic carbocycles. The van der Waals surface area contributed by atoms with E-state index >= 15 is 0 Å². The number of fused-ring (bicyclic) bond motifs is 1. The summed E-state index contributed by atoms with van der Waals surface area (Å²) in [4.78, 5) is 68.7. The summed E-state index contributed by atoms with van der Waals surface area (Å²) >= 11 is 0. The Labute approximate surface area is 356 Å². The number of H-pyrrole nitrogens is 1. The van der Waals surface area contributed by atoms with Crippen molar-refractivity contribution in [2.75, 3.05) is 47.1 Å². The largest absolute Gasteiger partial charge is 0.453 e. The molecule has 5 atom stereocenters. The van der Waals surface area contributed by atoms with Gasteiger partial charge in [-0.2, -0.15) is 0 Å². The summed E-state index contributed by atoms with van der Waals surface area (Å²) in [5.41, 5.74) is 5.19. The average molecular weight is 833 g/mol. The van der Waals surface area contributed by atoms with Crippen LogP contribution in [0, 0.1) is 11.8 Å². The summed E-state index contributed by atoms with van der Waals surface area (Å²) in [7, 11) is 2.61. The van der Waals surface area contributed by atoms with Crippen molar-refractivity contribution in [1.29, 1.82) is 0 Å². The number of hydrogen-bond acceptors (Lipinski definition) is 10. The molecular formula is C46H56N8O7. The fourth-order valence-corrected chi connectivity index (χ4v) is 9.31. The molecule has 1 aromatic heterocycles. The van der Waals surface area contributed by atoms with Crippen LogP contribution in [0.15, 0.2) is 71.9 Å². The zero-order valence-corrected chi connectivity index (χ0v) is 35.3. The summed E-state index contributed by atoms with van der Waals surface area (Å²) in [5, 5.41) is 11.4. The highest BCUT2D eigenvalue weighted by atomic mass is 16.5. The lowest BCUT2D eigenvalue weighted by Crippen LogP contribution is -2.54. The Morgan fingerprint density at radius 2 is 1.41 bits per heavy atom. The number of nitrogens with one attached hydrogen (secondary N) is 4. The van der Waals surface area contributed by atoms with Crippen molar-refractivity contribution in [3.63, 3.8) is 0 Å². The number of aliphatic imine (C=N–C) groups is 1. The number of hydrogen-bond donors (Lipinski definition) is 4. The number of nitrogens with zero attached hydrogens (tertiary/aromatic N) is 4. The predicted octanol–water partition coefficient (Wildman–Crippen LogP) is 6.13. The lowest BCUT2D eigenvalue weighted by molar-refractivity contribution is -0.137. The van der Waals surface area contributed by atoms with Gasteiger partial charge in [-0.3, -0.25) is 14.6 Å². The Balaban J connectivity index is 0.908. The average Bonchev–Trinajstić information content (AvgIpc) is 4.14. The van der Waals surface area contributed by atoms with Crippen LogP contribution in [0.25, 0.3) is 33.2 Å². The zero-order chi connectivity index (χ0) is 42.6. The first-order valence-electron chi connectivity index (χ1n) is 21.5. The molecule has 0 bridgehead atoms. The number of amidine groups is 1. The summed E-state index contributed by atoms with van der Waals surface area (Å²) in [5.74, 6) is 1.21. The molecule has 4 aliphatic heterocycles. The number of aromatic amines is 1. The number of amides is 4. The fraction of sp³-hybridized carbons (Fsp3) is 0.478. The molecule has 3 fully saturated rings. The summed E-state index contributed by atoms with van der Waals surface area (Å²) in [6.07, 6.45) is 5.31. The van der Waals surface area contributed by atoms with Crippen LogP contribution in [0.2, 0.25) is 0 Å². The third-order valence-electron chi connectivity index (χ3n) is 12.7. The quantitative estimate of drug-likeness (QED) is 0.138. The van der Waals surface area contributed by atoms with E-state index in [2.05, 4.69) is 81.6 Å². The highest BCUT2D eigenvalue weighted by molar-refractivity contribution is 5.96. The van der Waals surface area contributed by atoms with Gasteiger partial charge in [0.15, 0.2) is 0 Å². The Kier molecular flexibility index (Phi) is 12.6. The molecule has 15 nitrogen and oxygen atoms in total. The third-order valence-corrected chi connectivity index (χ3v) is 12.7. The van der Waals surface area contributed by atoms with Crippen molar-refractivity contribution < 1.29 is 33.4 Å². The van der Waals surface area contributed by atoms with E-state index in [1.807, 2.05) is 29.8 Å². The molecule has 4 N–H and O–H groups in total. The van der Waals surface area contributed by atoms with Crippen LogP contribution >= 0.6 is 0 Å². The molecule has 8 rings (SSSR count). The summed E-state index contributed by atoms with van der Waals surface area (Å²) < 4.78 is 15.2. The molecule has 2 unspecified atom stereocenters. The topological polar surface area (TPSA) is 180 Å². The standard InChI is InChI=1S/C46H56N8O7/c1-27(2)39(51-45(57)59-3)43(55)53-19-5-7-37(53)42-48-26-36(50-42)34-16-15-32-23-31(13-14-33(32)24-34)28-9-11-29(12-10-28)35-25-47-41(49-35)38-8-6-20-54(38)44(56)40(52-46(58)60-4)30-17-21-61-22-18-30/h9-16,23-25,27,30,36-40H,5-8,17-22,26H2,1-4H3,(H,47,49)(H,48,50)(H,51,57)(H,52,58)/t36?,37-,38?,39-,40-/m0/s1. The molecule has 322 valence electrons. The van der Waals surface area contributed by atoms with Crippen molar-refractivity contribution in [2.24, 2.45) is 16.8 Å². The number of rotatable bonds is 11. The third kappa shape index (κ3) is 8.93. The second-order valence-corrected chi connectivity index (χ2v) is 16.8. The highest BCUT2D eigenvalue weighted by Gasteiger charge is 2.41. The van der Waals surface area contributed by atoms with Crippen molar-refractivity contribution in [3.05, 3.63) is 78.2 Å². The molecule has 5 heterocycles. The number of carbonyl (C=O) groups excluding carboxylic acids is 4. The van der Waals surface area contributed by atoms with E-state index in [4.69, 9.17) is 24.2 Å². The van der Waals surface area contributed by atoms with Crippen LogP contribution in [0.1, 0.15) is 75.8 Å². The first kappa shape index (κ1) is 41.8. The lowest BCUT2D eigenvalue weighted by Gasteiger charge is -2.34. The van der Waals surface area contributed by atoms with Crippen LogP contribution < -0.4 is 16.0 Å². The Hall–Kier alpha value is -5.96. The van der Waals surface area contributed by atoms with Crippen LogP contribution in [-0.2, 0) is 23.8 Å². The first-order chi connectivity index (χ1) is 29.6. The molecule has 0 saturated carbocycles. The Morgan fingerprint density at radius 3 is 2.13 bits per heavy atom. The number of benzene rings is 3. The van der Waals surface area contributed by atoms with E-state index in [1.165, 1.54) is 14.2 Å². The van der Waals surface area contributed by atoms with E-state index in [9.17, 15) is 19.2 Å². The highest BCUT2D eigenvalue weighted by Crippen LogP contribution is 2.35. The minimum atomic E-state index is -0.681. The van der Waals surface area contributed by atoms with Crippen LogP contribution in [0.5, 0.6) is 0 Å². The maximum absolute atomic E-state index is 14.0. The van der Waals surface area contributed by atoms with Crippen molar-refractivity contribution >= 4 is 40.6 Å². The van der Waals surface area contributed by atoms with Gasteiger partial charge in [0.25, 0.3) is 0 Å². The molecule has 4 amide bonds. The van der Waals surface area contributed by atoms with E-state index in [0.717, 1.165) is 76.1 Å². The number of alkyl carbamates (subject to hydrolysis) is 2. The fourth-order valence-electron chi connectivity index (χ4n) is 9.31. The lowest BCUT2D eigenvalue weighted by atomic mass is 9.90. The van der Waals surface area contributed by atoms with Gasteiger partial charge in [-0.15, -0.1) is 0 Å². The number of imidazole rings is 1. The molecule has 0 radical (unpaired) electrons. The summed E-state index contributed by atoms with van der Waals surface area (Å²) in [6, 6.07) is 19.7. The van der Waals surface area contributed by atoms with Crippen molar-refractivity contribution in [1.82, 2.24) is 35.7 Å². The maximum Gasteiger partial charge on any atom is 0.407 e.